The molecular weight excluding hydrogens is 322 g/mol. The molecule has 2 aliphatic rings. The van der Waals surface area contributed by atoms with Crippen LogP contribution in [-0.2, 0) is 4.74 Å². The molecule has 1 heterocycles. The summed E-state index contributed by atoms with van der Waals surface area (Å²) in [6, 6.07) is 10.7. The quantitative estimate of drug-likeness (QED) is 0.678. The summed E-state index contributed by atoms with van der Waals surface area (Å²) in [4.78, 5) is 24.8. The van der Waals surface area contributed by atoms with Crippen molar-refractivity contribution >= 4 is 16.7 Å². The fourth-order valence-electron chi connectivity index (χ4n) is 2.88. The molecule has 0 unspecified atom stereocenters. The van der Waals surface area contributed by atoms with Crippen molar-refractivity contribution in [3.8, 4) is 23.1 Å². The number of carbonyl (C=O) groups is 1. The zero-order valence-corrected chi connectivity index (χ0v) is 13.8. The standard InChI is InChI=1S/C19H15NO5/c1-3-23-18(22)15-11-8-6-5-7-9-12(11)16-14(15)13(10-20)17(21)25-19(16)24-4-2/h5-9H,3-4H2,1-2H3. The van der Waals surface area contributed by atoms with E-state index in [1.165, 1.54) is 0 Å². The first-order chi connectivity index (χ1) is 12.1. The second-order valence-electron chi connectivity index (χ2n) is 5.18. The molecule has 6 heteroatoms. The number of esters is 1. The SMILES string of the molecule is CCOC(=O)c1c2cccccc-2c2c(OCC)oc(=O)c(C#N)c12. The van der Waals surface area contributed by atoms with Crippen LogP contribution in [0.4, 0.5) is 0 Å². The number of ether oxygens (including phenoxy) is 2. The van der Waals surface area contributed by atoms with E-state index in [1.54, 1.807) is 38.1 Å². The van der Waals surface area contributed by atoms with Gasteiger partial charge in [-0.3, -0.25) is 0 Å². The summed E-state index contributed by atoms with van der Waals surface area (Å²) in [7, 11) is 0. The number of fused-ring (bicyclic) bond motifs is 3. The van der Waals surface area contributed by atoms with E-state index >= 15 is 0 Å². The molecule has 0 radical (unpaired) electrons. The van der Waals surface area contributed by atoms with Crippen LogP contribution < -0.4 is 10.4 Å². The zero-order chi connectivity index (χ0) is 18.0. The van der Waals surface area contributed by atoms with Crippen molar-refractivity contribution in [2.75, 3.05) is 13.2 Å². The molecule has 0 bridgehead atoms. The number of nitriles is 1. The average molecular weight is 337 g/mol. The fourth-order valence-corrected chi connectivity index (χ4v) is 2.88. The van der Waals surface area contributed by atoms with Crippen molar-refractivity contribution in [3.63, 3.8) is 0 Å². The molecule has 0 aliphatic heterocycles. The van der Waals surface area contributed by atoms with E-state index in [4.69, 9.17) is 13.9 Å². The van der Waals surface area contributed by atoms with Gasteiger partial charge in [-0.1, -0.05) is 30.3 Å². The van der Waals surface area contributed by atoms with E-state index in [0.29, 0.717) is 16.5 Å². The van der Waals surface area contributed by atoms with Crippen LogP contribution in [0.2, 0.25) is 0 Å². The lowest BCUT2D eigenvalue weighted by Gasteiger charge is -2.05. The Morgan fingerprint density at radius 2 is 1.84 bits per heavy atom. The van der Waals surface area contributed by atoms with Gasteiger partial charge in [0, 0.05) is 5.39 Å². The maximum atomic E-state index is 12.6. The molecule has 25 heavy (non-hydrogen) atoms. The first-order valence-electron chi connectivity index (χ1n) is 7.85. The van der Waals surface area contributed by atoms with Gasteiger partial charge in [-0.05, 0) is 25.0 Å². The molecule has 0 spiro atoms. The zero-order valence-electron chi connectivity index (χ0n) is 13.8. The molecule has 0 saturated carbocycles. The minimum atomic E-state index is -0.844. The third kappa shape index (κ3) is 2.60. The first kappa shape index (κ1) is 16.5. The number of carbonyl (C=O) groups excluding carboxylic acids is 1. The minimum Gasteiger partial charge on any atom is -0.465 e. The molecular formula is C19H15NO5. The van der Waals surface area contributed by atoms with Gasteiger partial charge in [0.1, 0.15) is 11.6 Å². The number of hydrogen-bond acceptors (Lipinski definition) is 6. The molecule has 0 fully saturated rings. The molecule has 1 aromatic rings. The lowest BCUT2D eigenvalue weighted by Crippen LogP contribution is -2.10. The van der Waals surface area contributed by atoms with Gasteiger partial charge in [-0.15, -0.1) is 0 Å². The van der Waals surface area contributed by atoms with E-state index in [1.807, 2.05) is 12.1 Å². The summed E-state index contributed by atoms with van der Waals surface area (Å²) >= 11 is 0. The molecule has 2 aliphatic carbocycles. The summed E-state index contributed by atoms with van der Waals surface area (Å²) in [5, 5.41) is 10.1. The van der Waals surface area contributed by atoms with Crippen LogP contribution in [0.5, 0.6) is 5.95 Å². The van der Waals surface area contributed by atoms with Crippen LogP contribution in [0, 0.1) is 11.3 Å². The highest BCUT2D eigenvalue weighted by atomic mass is 16.6. The normalized spacial score (nSPS) is 10.6. The number of rotatable bonds is 4. The van der Waals surface area contributed by atoms with Crippen LogP contribution in [0.1, 0.15) is 29.8 Å². The largest absolute Gasteiger partial charge is 0.465 e. The van der Waals surface area contributed by atoms with Crippen molar-refractivity contribution in [1.29, 1.82) is 5.26 Å². The predicted octanol–water partition coefficient (Wildman–Crippen LogP) is 3.34. The van der Waals surface area contributed by atoms with E-state index in [2.05, 4.69) is 0 Å². The van der Waals surface area contributed by atoms with Crippen LogP contribution in [0.15, 0.2) is 39.5 Å². The third-order valence-electron chi connectivity index (χ3n) is 3.79. The molecule has 0 amide bonds. The van der Waals surface area contributed by atoms with Crippen molar-refractivity contribution in [2.45, 2.75) is 13.8 Å². The van der Waals surface area contributed by atoms with Gasteiger partial charge < -0.3 is 13.9 Å². The van der Waals surface area contributed by atoms with Gasteiger partial charge in [-0.25, -0.2) is 9.59 Å². The summed E-state index contributed by atoms with van der Waals surface area (Å²) in [5.74, 6) is -0.605. The van der Waals surface area contributed by atoms with Gasteiger partial charge >= 0.3 is 11.6 Å². The van der Waals surface area contributed by atoms with Crippen LogP contribution in [0.25, 0.3) is 21.9 Å². The van der Waals surface area contributed by atoms with Crippen molar-refractivity contribution < 1.29 is 18.7 Å². The Kier molecular flexibility index (Phi) is 4.40. The Balaban J connectivity index is 2.58. The predicted molar refractivity (Wildman–Crippen MR) is 90.9 cm³/mol. The highest BCUT2D eigenvalue weighted by molar-refractivity contribution is 6.20. The minimum absolute atomic E-state index is 0.00625. The highest BCUT2D eigenvalue weighted by Crippen LogP contribution is 2.44. The van der Waals surface area contributed by atoms with E-state index in [-0.39, 0.29) is 35.7 Å². The van der Waals surface area contributed by atoms with Gasteiger partial charge in [0.25, 0.3) is 5.95 Å². The Morgan fingerprint density at radius 1 is 1.12 bits per heavy atom. The molecule has 6 nitrogen and oxygen atoms in total. The van der Waals surface area contributed by atoms with Gasteiger partial charge in [0.2, 0.25) is 0 Å². The number of nitrogens with zero attached hydrogens (tertiary/aromatic N) is 1. The third-order valence-corrected chi connectivity index (χ3v) is 3.79. The Labute approximate surface area is 143 Å². The van der Waals surface area contributed by atoms with Crippen molar-refractivity contribution in [1.82, 2.24) is 0 Å². The van der Waals surface area contributed by atoms with Gasteiger partial charge in [0.05, 0.1) is 24.2 Å². The lowest BCUT2D eigenvalue weighted by molar-refractivity contribution is 0.0530. The number of hydrogen-bond donors (Lipinski definition) is 0. The van der Waals surface area contributed by atoms with E-state index < -0.39 is 11.6 Å². The van der Waals surface area contributed by atoms with E-state index in [9.17, 15) is 14.9 Å². The Hall–Kier alpha value is -3.33. The highest BCUT2D eigenvalue weighted by Gasteiger charge is 2.30. The second-order valence-corrected chi connectivity index (χ2v) is 5.18. The molecule has 1 aromatic heterocycles. The summed E-state index contributed by atoms with van der Waals surface area (Å²) in [6.45, 7) is 3.88. The monoisotopic (exact) mass is 337 g/mol. The Morgan fingerprint density at radius 3 is 2.48 bits per heavy atom. The first-order valence-corrected chi connectivity index (χ1v) is 7.85. The summed E-state index contributed by atoms with van der Waals surface area (Å²) in [5.41, 5.74) is 0.306. The molecule has 0 atom stereocenters. The second kappa shape index (κ2) is 6.65. The van der Waals surface area contributed by atoms with E-state index in [0.717, 1.165) is 0 Å². The van der Waals surface area contributed by atoms with Gasteiger partial charge in [-0.2, -0.15) is 5.26 Å². The summed E-state index contributed by atoms with van der Waals surface area (Å²) in [6.07, 6.45) is 0. The fraction of sp³-hybridized carbons (Fsp3) is 0.211. The van der Waals surface area contributed by atoms with Crippen LogP contribution >= 0.6 is 0 Å². The van der Waals surface area contributed by atoms with Crippen LogP contribution in [-0.4, -0.2) is 19.2 Å². The summed E-state index contributed by atoms with van der Waals surface area (Å²) < 4.78 is 15.8. The maximum absolute atomic E-state index is 12.6. The van der Waals surface area contributed by atoms with Crippen molar-refractivity contribution in [3.05, 3.63) is 51.9 Å². The lowest BCUT2D eigenvalue weighted by atomic mass is 10.1. The molecule has 0 N–H and O–H groups in total. The van der Waals surface area contributed by atoms with Gasteiger partial charge in [0.15, 0.2) is 0 Å². The average Bonchev–Trinajstić information content (AvgIpc) is 2.73. The van der Waals surface area contributed by atoms with Crippen molar-refractivity contribution in [2.24, 2.45) is 0 Å². The molecule has 0 aromatic carbocycles. The Bertz CT molecular complexity index is 1030. The molecule has 126 valence electrons. The molecule has 0 saturated heterocycles. The topological polar surface area (TPSA) is 89.5 Å². The van der Waals surface area contributed by atoms with Crippen LogP contribution in [0.3, 0.4) is 0 Å². The smallest absolute Gasteiger partial charge is 0.357 e. The maximum Gasteiger partial charge on any atom is 0.357 e. The molecule has 3 rings (SSSR count).